The Morgan fingerprint density at radius 2 is 1.68 bits per heavy atom. The number of nitrogens with zero attached hydrogens (tertiary/aromatic N) is 2. The number of hydrogen-bond acceptors (Lipinski definition) is 2. The third-order valence-electron chi connectivity index (χ3n) is 4.10. The van der Waals surface area contributed by atoms with E-state index in [0.29, 0.717) is 0 Å². The van der Waals surface area contributed by atoms with E-state index in [0.717, 1.165) is 38.7 Å². The predicted molar refractivity (Wildman–Crippen MR) is 88.7 cm³/mol. The van der Waals surface area contributed by atoms with Crippen molar-refractivity contribution in [1.29, 1.82) is 0 Å². The molecule has 4 nitrogen and oxygen atoms in total. The van der Waals surface area contributed by atoms with Crippen LogP contribution in [-0.4, -0.2) is 19.9 Å². The quantitative estimate of drug-likeness (QED) is 0.483. The molecule has 4 heterocycles. The lowest BCUT2D eigenvalue weighted by Crippen LogP contribution is -1.82. The van der Waals surface area contributed by atoms with Crippen molar-refractivity contribution in [1.82, 2.24) is 19.9 Å². The van der Waals surface area contributed by atoms with Gasteiger partial charge < -0.3 is 9.97 Å². The molecule has 1 aromatic carbocycles. The first-order valence-electron chi connectivity index (χ1n) is 7.19. The molecule has 0 aliphatic carbocycles. The van der Waals surface area contributed by atoms with Crippen molar-refractivity contribution >= 4 is 32.8 Å². The Bertz CT molecular complexity index is 1120. The lowest BCUT2D eigenvalue weighted by molar-refractivity contribution is 1.32. The summed E-state index contributed by atoms with van der Waals surface area (Å²) >= 11 is 0. The van der Waals surface area contributed by atoms with Crippen LogP contribution in [0.5, 0.6) is 0 Å². The standard InChI is InChI=1S/C18H12N4/c1-2-4-11(5-3-1)14-8-13-16(10-20-14)22-18-17(13)12-6-7-19-15(12)9-21-18/h1-10,19H,(H,21,22). The molecule has 5 rings (SSSR count). The van der Waals surface area contributed by atoms with Gasteiger partial charge in [-0.25, -0.2) is 4.98 Å². The fraction of sp³-hybridized carbons (Fsp3) is 0. The van der Waals surface area contributed by atoms with E-state index in [1.54, 1.807) is 0 Å². The summed E-state index contributed by atoms with van der Waals surface area (Å²) in [5.41, 5.74) is 5.05. The molecule has 0 fully saturated rings. The second kappa shape index (κ2) is 4.18. The van der Waals surface area contributed by atoms with E-state index in [2.05, 4.69) is 44.2 Å². The second-order valence-corrected chi connectivity index (χ2v) is 5.39. The van der Waals surface area contributed by atoms with Crippen LogP contribution in [0.1, 0.15) is 0 Å². The van der Waals surface area contributed by atoms with Crippen LogP contribution in [0.4, 0.5) is 0 Å². The molecule has 5 aromatic rings. The van der Waals surface area contributed by atoms with Crippen LogP contribution in [0.15, 0.2) is 61.1 Å². The second-order valence-electron chi connectivity index (χ2n) is 5.39. The molecule has 2 N–H and O–H groups in total. The number of rotatable bonds is 1. The van der Waals surface area contributed by atoms with Crippen LogP contribution in [0, 0.1) is 0 Å². The van der Waals surface area contributed by atoms with Gasteiger partial charge in [0.15, 0.2) is 0 Å². The molecule has 4 heteroatoms. The van der Waals surface area contributed by atoms with Crippen molar-refractivity contribution in [2.24, 2.45) is 0 Å². The minimum atomic E-state index is 0.897. The molecule has 0 atom stereocenters. The molecule has 0 saturated heterocycles. The van der Waals surface area contributed by atoms with Gasteiger partial charge in [-0.05, 0) is 12.1 Å². The number of nitrogens with one attached hydrogen (secondary N) is 2. The zero-order valence-electron chi connectivity index (χ0n) is 11.7. The Morgan fingerprint density at radius 3 is 2.59 bits per heavy atom. The van der Waals surface area contributed by atoms with Gasteiger partial charge in [-0.15, -0.1) is 0 Å². The maximum atomic E-state index is 4.57. The van der Waals surface area contributed by atoms with E-state index >= 15 is 0 Å². The van der Waals surface area contributed by atoms with Crippen molar-refractivity contribution in [3.63, 3.8) is 0 Å². The lowest BCUT2D eigenvalue weighted by atomic mass is 10.1. The van der Waals surface area contributed by atoms with E-state index in [9.17, 15) is 0 Å². The van der Waals surface area contributed by atoms with Crippen LogP contribution < -0.4 is 0 Å². The van der Waals surface area contributed by atoms with Crippen molar-refractivity contribution in [3.05, 3.63) is 61.1 Å². The number of benzene rings is 1. The minimum absolute atomic E-state index is 0.897. The van der Waals surface area contributed by atoms with Gasteiger partial charge >= 0.3 is 0 Å². The van der Waals surface area contributed by atoms with Gasteiger partial charge in [-0.2, -0.15) is 0 Å². The minimum Gasteiger partial charge on any atom is -0.360 e. The summed E-state index contributed by atoms with van der Waals surface area (Å²) in [7, 11) is 0. The number of hydrogen-bond donors (Lipinski definition) is 2. The van der Waals surface area contributed by atoms with Crippen LogP contribution >= 0.6 is 0 Å². The highest BCUT2D eigenvalue weighted by Gasteiger charge is 2.11. The first-order chi connectivity index (χ1) is 10.9. The van der Waals surface area contributed by atoms with Gasteiger partial charge in [0.1, 0.15) is 5.65 Å². The average molecular weight is 284 g/mol. The monoisotopic (exact) mass is 284 g/mol. The molecule has 0 aliphatic heterocycles. The van der Waals surface area contributed by atoms with Crippen LogP contribution in [0.3, 0.4) is 0 Å². The Hall–Kier alpha value is -3.14. The fourth-order valence-electron chi connectivity index (χ4n) is 3.05. The SMILES string of the molecule is c1ccc(-c2cc3c(cn2)[nH]c2ncc4[nH]ccc4c23)cc1. The van der Waals surface area contributed by atoms with E-state index in [4.69, 9.17) is 0 Å². The number of H-pyrrole nitrogens is 2. The third kappa shape index (κ3) is 1.52. The molecule has 4 aromatic heterocycles. The van der Waals surface area contributed by atoms with E-state index in [1.807, 2.05) is 36.8 Å². The normalized spacial score (nSPS) is 11.6. The Labute approximate surface area is 125 Å². The predicted octanol–water partition coefficient (Wildman–Crippen LogP) is 4.26. The zero-order chi connectivity index (χ0) is 14.5. The maximum Gasteiger partial charge on any atom is 0.139 e. The average Bonchev–Trinajstić information content (AvgIpc) is 3.18. The van der Waals surface area contributed by atoms with Crippen molar-refractivity contribution in [2.45, 2.75) is 0 Å². The first kappa shape index (κ1) is 11.5. The smallest absolute Gasteiger partial charge is 0.139 e. The molecule has 0 radical (unpaired) electrons. The van der Waals surface area contributed by atoms with Crippen molar-refractivity contribution < 1.29 is 0 Å². The molecule has 0 saturated carbocycles. The molecular formula is C18H12N4. The Kier molecular flexibility index (Phi) is 2.19. The summed E-state index contributed by atoms with van der Waals surface area (Å²) in [5, 5.41) is 3.48. The van der Waals surface area contributed by atoms with Crippen molar-refractivity contribution in [2.75, 3.05) is 0 Å². The molecule has 0 unspecified atom stereocenters. The van der Waals surface area contributed by atoms with Gasteiger partial charge in [-0.3, -0.25) is 4.98 Å². The third-order valence-corrected chi connectivity index (χ3v) is 4.10. The van der Waals surface area contributed by atoms with Gasteiger partial charge in [0.25, 0.3) is 0 Å². The topological polar surface area (TPSA) is 57.4 Å². The summed E-state index contributed by atoms with van der Waals surface area (Å²) < 4.78 is 0. The number of aromatic amines is 2. The fourth-order valence-corrected chi connectivity index (χ4v) is 3.05. The van der Waals surface area contributed by atoms with E-state index in [-0.39, 0.29) is 0 Å². The van der Waals surface area contributed by atoms with E-state index < -0.39 is 0 Å². The maximum absolute atomic E-state index is 4.57. The summed E-state index contributed by atoms with van der Waals surface area (Å²) in [6, 6.07) is 14.5. The molecule has 0 spiro atoms. The number of fused-ring (bicyclic) bond motifs is 5. The zero-order valence-corrected chi connectivity index (χ0v) is 11.7. The van der Waals surface area contributed by atoms with E-state index in [1.165, 1.54) is 5.39 Å². The Balaban J connectivity index is 1.91. The molecule has 104 valence electrons. The molecule has 22 heavy (non-hydrogen) atoms. The highest BCUT2D eigenvalue weighted by Crippen LogP contribution is 2.32. The summed E-state index contributed by atoms with van der Waals surface area (Å²) in [6.45, 7) is 0. The largest absolute Gasteiger partial charge is 0.360 e. The van der Waals surface area contributed by atoms with Gasteiger partial charge in [0.2, 0.25) is 0 Å². The summed E-state index contributed by atoms with van der Waals surface area (Å²) in [5.74, 6) is 0. The van der Waals surface area contributed by atoms with Gasteiger partial charge in [0.05, 0.1) is 29.1 Å². The molecule has 0 aliphatic rings. The highest BCUT2D eigenvalue weighted by molar-refractivity contribution is 6.18. The first-order valence-corrected chi connectivity index (χ1v) is 7.19. The number of pyridine rings is 2. The van der Waals surface area contributed by atoms with Gasteiger partial charge in [-0.1, -0.05) is 30.3 Å². The van der Waals surface area contributed by atoms with Crippen LogP contribution in [-0.2, 0) is 0 Å². The van der Waals surface area contributed by atoms with Crippen LogP contribution in [0.2, 0.25) is 0 Å². The van der Waals surface area contributed by atoms with Gasteiger partial charge in [0, 0.05) is 27.9 Å². The van der Waals surface area contributed by atoms with Crippen molar-refractivity contribution in [3.8, 4) is 11.3 Å². The lowest BCUT2D eigenvalue weighted by Gasteiger charge is -2.01. The highest BCUT2D eigenvalue weighted by atomic mass is 14.9. The molecule has 0 amide bonds. The molecular weight excluding hydrogens is 272 g/mol. The summed E-state index contributed by atoms with van der Waals surface area (Å²) in [6.07, 6.45) is 5.69. The van der Waals surface area contributed by atoms with Crippen LogP contribution in [0.25, 0.3) is 44.1 Å². The number of aromatic nitrogens is 4. The summed E-state index contributed by atoms with van der Waals surface area (Å²) in [4.78, 5) is 15.7. The Morgan fingerprint density at radius 1 is 0.818 bits per heavy atom. The molecule has 0 bridgehead atoms.